The van der Waals surface area contributed by atoms with E-state index in [-0.39, 0.29) is 35.5 Å². The summed E-state index contributed by atoms with van der Waals surface area (Å²) < 4.78 is 0. The number of carbonyl (C=O) groups is 3. The number of carboxylic acid groups (broad SMARTS) is 2. The lowest BCUT2D eigenvalue weighted by Crippen LogP contribution is -2.42. The maximum Gasteiger partial charge on any atom is 0.325 e. The molecule has 0 aliphatic rings. The highest BCUT2D eigenvalue weighted by Crippen LogP contribution is 2.12. The molecule has 13 nitrogen and oxygen atoms in total. The molecule has 0 bridgehead atoms. The zero-order valence-corrected chi connectivity index (χ0v) is 16.4. The van der Waals surface area contributed by atoms with Crippen molar-refractivity contribution in [2.45, 2.75) is 18.9 Å². The summed E-state index contributed by atoms with van der Waals surface area (Å²) in [7, 11) is 0.764. The van der Waals surface area contributed by atoms with Crippen molar-refractivity contribution in [3.05, 3.63) is 52.1 Å². The lowest BCUT2D eigenvalue weighted by molar-refractivity contribution is -0.138. The second-order valence-electron chi connectivity index (χ2n) is 6.56. The van der Waals surface area contributed by atoms with E-state index >= 15 is 0 Å². The smallest absolute Gasteiger partial charge is 0.325 e. The molecule has 0 unspecified atom stereocenters. The molecule has 0 saturated heterocycles. The van der Waals surface area contributed by atoms with Crippen LogP contribution in [0.25, 0.3) is 11.2 Å². The molecule has 14 heteroatoms. The van der Waals surface area contributed by atoms with Crippen LogP contribution in [0, 0.1) is 0 Å². The Hall–Kier alpha value is -4.49. The highest BCUT2D eigenvalue weighted by Gasteiger charge is 2.22. The standard InChI is InChI=1S/C18H17BN7O6/c20-18-25-13-12(15(28)26-18)23-10(7-22-13)6-21-9-3-1-8(2-4-9)14(27)24-11(16(29)30)5-19-17(31)32/h1-4,7,11,21H,5-6H2,(H,24,27)(H,29,30)(H,31,32)(H3,20,22,25,26,28)/t11-/m0/s1. The summed E-state index contributed by atoms with van der Waals surface area (Å²) in [6.45, 7) is 0.227. The Morgan fingerprint density at radius 2 is 1.88 bits per heavy atom. The van der Waals surface area contributed by atoms with E-state index in [0.717, 1.165) is 7.28 Å². The summed E-state index contributed by atoms with van der Waals surface area (Å²) >= 11 is 0. The van der Waals surface area contributed by atoms with Crippen LogP contribution in [0.15, 0.2) is 35.3 Å². The Kier molecular flexibility index (Phi) is 6.63. The number of nitrogen functional groups attached to an aromatic ring is 1. The van der Waals surface area contributed by atoms with Crippen LogP contribution < -0.4 is 21.9 Å². The number of nitrogens with one attached hydrogen (secondary N) is 3. The predicted octanol–water partition coefficient (Wildman–Crippen LogP) is -0.109. The number of amides is 1. The van der Waals surface area contributed by atoms with E-state index in [1.165, 1.54) is 18.3 Å². The Balaban J connectivity index is 1.62. The van der Waals surface area contributed by atoms with E-state index in [4.69, 9.17) is 15.9 Å². The van der Waals surface area contributed by atoms with Gasteiger partial charge in [-0.05, 0) is 30.6 Å². The number of rotatable bonds is 9. The Morgan fingerprint density at radius 3 is 2.53 bits per heavy atom. The van der Waals surface area contributed by atoms with Gasteiger partial charge in [-0.25, -0.2) is 9.97 Å². The third kappa shape index (κ3) is 5.56. The number of hydrogen-bond acceptors (Lipinski definition) is 9. The molecule has 0 aliphatic carbocycles. The number of fused-ring (bicyclic) bond motifs is 1. The van der Waals surface area contributed by atoms with Crippen LogP contribution in [0.1, 0.15) is 16.1 Å². The van der Waals surface area contributed by atoms with E-state index in [0.29, 0.717) is 11.4 Å². The fraction of sp³-hybridized carbons (Fsp3) is 0.167. The summed E-state index contributed by atoms with van der Waals surface area (Å²) in [5, 5.41) is 23.1. The van der Waals surface area contributed by atoms with E-state index in [1.54, 1.807) is 12.1 Å². The molecular formula is C18H17BN7O6. The van der Waals surface area contributed by atoms with Crippen molar-refractivity contribution < 1.29 is 24.6 Å². The van der Waals surface area contributed by atoms with Crippen LogP contribution in [0.5, 0.6) is 0 Å². The molecule has 1 radical (unpaired) electrons. The molecule has 7 N–H and O–H groups in total. The minimum atomic E-state index is -1.36. The van der Waals surface area contributed by atoms with E-state index in [2.05, 4.69) is 30.6 Å². The maximum absolute atomic E-state index is 12.3. The molecule has 0 spiro atoms. The first kappa shape index (κ1) is 22.2. The molecule has 0 saturated carbocycles. The van der Waals surface area contributed by atoms with Gasteiger partial charge in [0.2, 0.25) is 11.8 Å². The normalized spacial score (nSPS) is 11.5. The molecule has 32 heavy (non-hydrogen) atoms. The van der Waals surface area contributed by atoms with Gasteiger partial charge in [0.25, 0.3) is 18.7 Å². The number of nitrogens with zero attached hydrogens (tertiary/aromatic N) is 3. The minimum Gasteiger partial charge on any atom is -0.490 e. The van der Waals surface area contributed by atoms with E-state index in [9.17, 15) is 19.2 Å². The number of aromatic nitrogens is 4. The number of anilines is 2. The minimum absolute atomic E-state index is 0.0542. The van der Waals surface area contributed by atoms with E-state index < -0.39 is 29.3 Å². The molecule has 163 valence electrons. The van der Waals surface area contributed by atoms with Gasteiger partial charge in [-0.1, -0.05) is 0 Å². The number of hydrogen-bond donors (Lipinski definition) is 6. The van der Waals surface area contributed by atoms with Gasteiger partial charge in [-0.15, -0.1) is 0 Å². The number of carboxylic acids is 1. The van der Waals surface area contributed by atoms with Gasteiger partial charge in [-0.3, -0.25) is 24.2 Å². The number of aliphatic carboxylic acids is 1. The highest BCUT2D eigenvalue weighted by atomic mass is 16.4. The zero-order chi connectivity index (χ0) is 23.3. The lowest BCUT2D eigenvalue weighted by Gasteiger charge is -2.13. The molecule has 3 rings (SSSR count). The molecule has 0 fully saturated rings. The SMILES string of the molecule is Nc1nc2ncc(CNc3ccc(C(=O)N[C@@H](C[B]C(=O)O)C(=O)O)cc3)nc2c(=O)[nH]1. The maximum atomic E-state index is 12.3. The third-order valence-corrected chi connectivity index (χ3v) is 4.24. The van der Waals surface area contributed by atoms with Gasteiger partial charge in [0.05, 0.1) is 18.4 Å². The first-order chi connectivity index (χ1) is 15.2. The molecule has 1 atom stereocenters. The van der Waals surface area contributed by atoms with Crippen molar-refractivity contribution in [3.8, 4) is 0 Å². The van der Waals surface area contributed by atoms with Crippen LogP contribution in [-0.2, 0) is 11.3 Å². The monoisotopic (exact) mass is 438 g/mol. The fourth-order valence-electron chi connectivity index (χ4n) is 2.67. The van der Waals surface area contributed by atoms with Crippen molar-refractivity contribution in [1.29, 1.82) is 0 Å². The average molecular weight is 438 g/mol. The summed E-state index contributed by atoms with van der Waals surface area (Å²) in [6, 6.07) is 4.77. The van der Waals surface area contributed by atoms with Crippen molar-refractivity contribution in [3.63, 3.8) is 0 Å². The summed E-state index contributed by atoms with van der Waals surface area (Å²) in [5.74, 6) is -3.33. The molecule has 2 heterocycles. The number of aromatic amines is 1. The number of benzene rings is 1. The van der Waals surface area contributed by atoms with Gasteiger partial charge >= 0.3 is 5.97 Å². The van der Waals surface area contributed by atoms with Gasteiger partial charge < -0.3 is 26.6 Å². The number of carbonyl (C=O) groups excluding carboxylic acids is 1. The molecule has 0 aliphatic heterocycles. The first-order valence-electron chi connectivity index (χ1n) is 9.18. The first-order valence-corrected chi connectivity index (χ1v) is 9.18. The fourth-order valence-corrected chi connectivity index (χ4v) is 2.67. The second kappa shape index (κ2) is 9.55. The van der Waals surface area contributed by atoms with Crippen molar-refractivity contribution in [2.75, 3.05) is 11.1 Å². The van der Waals surface area contributed by atoms with Crippen molar-refractivity contribution in [2.24, 2.45) is 0 Å². The van der Waals surface area contributed by atoms with Gasteiger partial charge in [0, 0.05) is 11.3 Å². The Labute approximate surface area is 180 Å². The number of H-pyrrole nitrogens is 1. The van der Waals surface area contributed by atoms with Crippen molar-refractivity contribution in [1.82, 2.24) is 25.3 Å². The van der Waals surface area contributed by atoms with Gasteiger partial charge in [0.15, 0.2) is 11.2 Å². The molecule has 2 aromatic heterocycles. The van der Waals surface area contributed by atoms with Crippen molar-refractivity contribution >= 4 is 47.8 Å². The van der Waals surface area contributed by atoms with Gasteiger partial charge in [-0.2, -0.15) is 4.98 Å². The van der Waals surface area contributed by atoms with Crippen LogP contribution in [-0.4, -0.2) is 61.2 Å². The van der Waals surface area contributed by atoms with E-state index in [1.807, 2.05) is 0 Å². The van der Waals surface area contributed by atoms with Crippen LogP contribution in [0.2, 0.25) is 6.32 Å². The zero-order valence-electron chi connectivity index (χ0n) is 16.4. The van der Waals surface area contributed by atoms with Crippen LogP contribution in [0.4, 0.5) is 16.4 Å². The quantitative estimate of drug-likeness (QED) is 0.242. The topological polar surface area (TPSA) is 213 Å². The molecule has 1 aromatic carbocycles. The highest BCUT2D eigenvalue weighted by molar-refractivity contribution is 6.71. The predicted molar refractivity (Wildman–Crippen MR) is 114 cm³/mol. The molecule has 3 aromatic rings. The summed E-state index contributed by atoms with van der Waals surface area (Å²) in [6.07, 6.45) is 1.09. The van der Waals surface area contributed by atoms with Crippen LogP contribution in [0.3, 0.4) is 0 Å². The Bertz CT molecular complexity index is 1230. The summed E-state index contributed by atoms with van der Waals surface area (Å²) in [4.78, 5) is 60.5. The average Bonchev–Trinajstić information content (AvgIpc) is 2.75. The largest absolute Gasteiger partial charge is 0.490 e. The van der Waals surface area contributed by atoms with Crippen LogP contribution >= 0.6 is 0 Å². The lowest BCUT2D eigenvalue weighted by atomic mass is 9.72. The Morgan fingerprint density at radius 1 is 1.16 bits per heavy atom. The summed E-state index contributed by atoms with van der Waals surface area (Å²) in [5.41, 5.74) is 6.44. The molecular weight excluding hydrogens is 421 g/mol. The third-order valence-electron chi connectivity index (χ3n) is 4.24. The second-order valence-corrected chi connectivity index (χ2v) is 6.56. The number of nitrogens with two attached hydrogens (primary N) is 1. The van der Waals surface area contributed by atoms with Gasteiger partial charge in [0.1, 0.15) is 6.04 Å². The molecule has 1 amide bonds.